The number of carbonyl (C=O) groups is 1. The average molecular weight is 320 g/mol. The summed E-state index contributed by atoms with van der Waals surface area (Å²) in [6.45, 7) is 0. The Labute approximate surface area is 132 Å². The molecule has 1 heterocycles. The largest absolute Gasteiger partial charge is 0.325 e. The molecule has 0 saturated heterocycles. The van der Waals surface area contributed by atoms with Crippen LogP contribution in [0.25, 0.3) is 0 Å². The molecule has 1 aromatic heterocycles. The molecule has 2 amide bonds. The highest BCUT2D eigenvalue weighted by Gasteiger charge is 2.20. The second-order valence-electron chi connectivity index (χ2n) is 5.37. The van der Waals surface area contributed by atoms with Crippen LogP contribution in [0.1, 0.15) is 43.0 Å². The van der Waals surface area contributed by atoms with Crippen molar-refractivity contribution in [1.82, 2.24) is 10.2 Å². The second kappa shape index (κ2) is 6.83. The van der Waals surface area contributed by atoms with E-state index in [-0.39, 0.29) is 5.82 Å². The molecule has 5 nitrogen and oxygen atoms in total. The summed E-state index contributed by atoms with van der Waals surface area (Å²) in [5, 5.41) is 15.0. The van der Waals surface area contributed by atoms with Gasteiger partial charge in [-0.15, -0.1) is 10.2 Å². The molecule has 116 valence electrons. The molecule has 1 aliphatic rings. The zero-order chi connectivity index (χ0) is 15.4. The van der Waals surface area contributed by atoms with Crippen molar-refractivity contribution in [1.29, 1.82) is 0 Å². The zero-order valence-electron chi connectivity index (χ0n) is 12.0. The average Bonchev–Trinajstić information content (AvgIpc) is 2.99. The van der Waals surface area contributed by atoms with Gasteiger partial charge >= 0.3 is 6.03 Å². The third-order valence-corrected chi connectivity index (χ3v) is 4.72. The minimum Gasteiger partial charge on any atom is -0.308 e. The van der Waals surface area contributed by atoms with Crippen LogP contribution in [0.5, 0.6) is 0 Å². The summed E-state index contributed by atoms with van der Waals surface area (Å²) in [5.74, 6) is 0.133. The van der Waals surface area contributed by atoms with Crippen molar-refractivity contribution in [2.45, 2.75) is 38.0 Å². The number of hydrogen-bond donors (Lipinski definition) is 2. The number of benzene rings is 1. The number of hydrogen-bond acceptors (Lipinski definition) is 4. The van der Waals surface area contributed by atoms with Crippen LogP contribution in [-0.2, 0) is 0 Å². The molecule has 22 heavy (non-hydrogen) atoms. The van der Waals surface area contributed by atoms with Crippen molar-refractivity contribution in [3.63, 3.8) is 0 Å². The van der Waals surface area contributed by atoms with Crippen molar-refractivity contribution in [3.8, 4) is 0 Å². The van der Waals surface area contributed by atoms with E-state index in [1.165, 1.54) is 54.9 Å². The summed E-state index contributed by atoms with van der Waals surface area (Å²) >= 11 is 1.43. The molecule has 1 fully saturated rings. The van der Waals surface area contributed by atoms with Crippen LogP contribution in [0.4, 0.5) is 20.0 Å². The highest BCUT2D eigenvalue weighted by Crippen LogP contribution is 2.35. The SMILES string of the molecule is O=C(Nc1ccc(F)cc1)Nc1nnc(C2CCCCC2)s1. The van der Waals surface area contributed by atoms with Crippen LogP contribution in [0.2, 0.25) is 0 Å². The summed E-state index contributed by atoms with van der Waals surface area (Å²) in [5.41, 5.74) is 0.524. The van der Waals surface area contributed by atoms with Gasteiger partial charge in [0.05, 0.1) is 0 Å². The van der Waals surface area contributed by atoms with E-state index in [0.29, 0.717) is 16.7 Å². The van der Waals surface area contributed by atoms with Crippen molar-refractivity contribution < 1.29 is 9.18 Å². The lowest BCUT2D eigenvalue weighted by atomic mass is 9.90. The second-order valence-corrected chi connectivity index (χ2v) is 6.38. The maximum atomic E-state index is 12.8. The smallest absolute Gasteiger partial charge is 0.308 e. The third-order valence-electron chi connectivity index (χ3n) is 3.72. The predicted molar refractivity (Wildman–Crippen MR) is 84.8 cm³/mol. The number of rotatable bonds is 3. The van der Waals surface area contributed by atoms with Crippen molar-refractivity contribution in [3.05, 3.63) is 35.1 Å². The molecular weight excluding hydrogens is 303 g/mol. The van der Waals surface area contributed by atoms with E-state index in [1.54, 1.807) is 0 Å². The first-order chi connectivity index (χ1) is 10.7. The molecule has 1 saturated carbocycles. The number of carbonyl (C=O) groups excluding carboxylic acids is 1. The molecule has 7 heteroatoms. The van der Waals surface area contributed by atoms with Gasteiger partial charge in [-0.1, -0.05) is 30.6 Å². The monoisotopic (exact) mass is 320 g/mol. The van der Waals surface area contributed by atoms with E-state index >= 15 is 0 Å². The first-order valence-corrected chi connectivity index (χ1v) is 8.19. The molecule has 0 unspecified atom stereocenters. The van der Waals surface area contributed by atoms with Gasteiger partial charge in [0.15, 0.2) is 0 Å². The van der Waals surface area contributed by atoms with Gasteiger partial charge in [0.25, 0.3) is 0 Å². The van der Waals surface area contributed by atoms with Crippen LogP contribution in [0, 0.1) is 5.82 Å². The minimum atomic E-state index is -0.405. The fourth-order valence-corrected chi connectivity index (χ4v) is 3.50. The third kappa shape index (κ3) is 3.79. The Kier molecular flexibility index (Phi) is 4.62. The first-order valence-electron chi connectivity index (χ1n) is 7.38. The van der Waals surface area contributed by atoms with Crippen molar-refractivity contribution >= 4 is 28.2 Å². The van der Waals surface area contributed by atoms with E-state index in [1.807, 2.05) is 0 Å². The fraction of sp³-hybridized carbons (Fsp3) is 0.400. The number of urea groups is 1. The van der Waals surface area contributed by atoms with Crippen LogP contribution >= 0.6 is 11.3 Å². The molecular formula is C15H17FN4OS. The quantitative estimate of drug-likeness (QED) is 0.882. The maximum Gasteiger partial charge on any atom is 0.325 e. The number of halogens is 1. The van der Waals surface area contributed by atoms with Gasteiger partial charge in [0.1, 0.15) is 10.8 Å². The lowest BCUT2D eigenvalue weighted by Crippen LogP contribution is -2.19. The zero-order valence-corrected chi connectivity index (χ0v) is 12.8. The van der Waals surface area contributed by atoms with Gasteiger partial charge in [0, 0.05) is 11.6 Å². The van der Waals surface area contributed by atoms with Gasteiger partial charge in [-0.25, -0.2) is 9.18 Å². The van der Waals surface area contributed by atoms with Crippen molar-refractivity contribution in [2.24, 2.45) is 0 Å². The van der Waals surface area contributed by atoms with Crippen LogP contribution in [0.3, 0.4) is 0 Å². The van der Waals surface area contributed by atoms with Gasteiger partial charge in [-0.05, 0) is 37.1 Å². The summed E-state index contributed by atoms with van der Waals surface area (Å²) in [6.07, 6.45) is 6.06. The Morgan fingerprint density at radius 3 is 2.55 bits per heavy atom. The fourth-order valence-electron chi connectivity index (χ4n) is 2.59. The van der Waals surface area contributed by atoms with Crippen molar-refractivity contribution in [2.75, 3.05) is 10.6 Å². The Morgan fingerprint density at radius 2 is 1.82 bits per heavy atom. The molecule has 1 aromatic carbocycles. The highest BCUT2D eigenvalue weighted by atomic mass is 32.1. The number of nitrogens with zero attached hydrogens (tertiary/aromatic N) is 2. The van der Waals surface area contributed by atoms with E-state index in [2.05, 4.69) is 20.8 Å². The molecule has 3 rings (SSSR count). The molecule has 0 radical (unpaired) electrons. The summed E-state index contributed by atoms with van der Waals surface area (Å²) in [6, 6.07) is 5.19. The minimum absolute atomic E-state index is 0.341. The lowest BCUT2D eigenvalue weighted by molar-refractivity contribution is 0.262. The number of aromatic nitrogens is 2. The Bertz CT molecular complexity index is 637. The van der Waals surface area contributed by atoms with Gasteiger partial charge in [0.2, 0.25) is 5.13 Å². The van der Waals surface area contributed by atoms with Gasteiger partial charge in [-0.2, -0.15) is 0 Å². The molecule has 0 aliphatic heterocycles. The summed E-state index contributed by atoms with van der Waals surface area (Å²) in [7, 11) is 0. The van der Waals surface area contributed by atoms with Crippen LogP contribution < -0.4 is 10.6 Å². The molecule has 0 atom stereocenters. The summed E-state index contributed by atoms with van der Waals surface area (Å²) in [4.78, 5) is 11.9. The van der Waals surface area contributed by atoms with E-state index in [4.69, 9.17) is 0 Å². The summed E-state index contributed by atoms with van der Waals surface area (Å²) < 4.78 is 12.8. The first kappa shape index (κ1) is 14.9. The van der Waals surface area contributed by atoms with Crippen LogP contribution in [-0.4, -0.2) is 16.2 Å². The molecule has 2 N–H and O–H groups in total. The van der Waals surface area contributed by atoms with E-state index in [9.17, 15) is 9.18 Å². The van der Waals surface area contributed by atoms with E-state index in [0.717, 1.165) is 17.8 Å². The lowest BCUT2D eigenvalue weighted by Gasteiger charge is -2.18. The molecule has 2 aromatic rings. The van der Waals surface area contributed by atoms with Gasteiger partial charge < -0.3 is 5.32 Å². The Balaban J connectivity index is 1.57. The molecule has 0 spiro atoms. The predicted octanol–water partition coefficient (Wildman–Crippen LogP) is 4.37. The Hall–Kier alpha value is -2.02. The van der Waals surface area contributed by atoms with Gasteiger partial charge in [-0.3, -0.25) is 5.32 Å². The maximum absolute atomic E-state index is 12.8. The number of amides is 2. The standard InChI is InChI=1S/C15H17FN4OS/c16-11-6-8-12(9-7-11)17-14(21)18-15-20-19-13(22-15)10-4-2-1-3-5-10/h6-10H,1-5H2,(H2,17,18,20,21). The van der Waals surface area contributed by atoms with E-state index < -0.39 is 6.03 Å². The number of anilines is 2. The Morgan fingerprint density at radius 1 is 1.09 bits per heavy atom. The highest BCUT2D eigenvalue weighted by molar-refractivity contribution is 7.15. The number of nitrogens with one attached hydrogen (secondary N) is 2. The topological polar surface area (TPSA) is 66.9 Å². The normalized spacial score (nSPS) is 15.5. The molecule has 0 bridgehead atoms. The molecule has 1 aliphatic carbocycles. The van der Waals surface area contributed by atoms with Crippen LogP contribution in [0.15, 0.2) is 24.3 Å².